The van der Waals surface area contributed by atoms with Crippen LogP contribution in [-0.4, -0.2) is 62.8 Å². The molecular weight excluding hydrogens is 386 g/mol. The van der Waals surface area contributed by atoms with Crippen LogP contribution in [0.3, 0.4) is 0 Å². The number of carbonyl (C=O) groups is 1. The smallest absolute Gasteiger partial charge is 0.223 e. The number of nitrogens with zero attached hydrogens (tertiary/aromatic N) is 2. The van der Waals surface area contributed by atoms with E-state index in [2.05, 4.69) is 9.71 Å². The molecule has 148 valence electrons. The van der Waals surface area contributed by atoms with E-state index in [1.165, 1.54) is 0 Å². The van der Waals surface area contributed by atoms with Gasteiger partial charge >= 0.3 is 0 Å². The molecule has 9 heteroatoms. The number of hydrogen-bond donors (Lipinski definition) is 1. The SMILES string of the molecule is COCCC1(NS(C)(=O)=O)CCN(C(=O)CCc2nc3ccccc3s2)C1. The maximum absolute atomic E-state index is 12.7. The zero-order valence-electron chi connectivity index (χ0n) is 15.6. The number of benzene rings is 1. The second-order valence-corrected chi connectivity index (χ2v) is 9.90. The van der Waals surface area contributed by atoms with Gasteiger partial charge in [0.1, 0.15) is 0 Å². The Labute approximate surface area is 163 Å². The molecule has 2 heterocycles. The van der Waals surface area contributed by atoms with Crippen molar-refractivity contribution in [3.05, 3.63) is 29.3 Å². The predicted molar refractivity (Wildman–Crippen MR) is 106 cm³/mol. The number of aromatic nitrogens is 1. The maximum atomic E-state index is 12.7. The fourth-order valence-electron chi connectivity index (χ4n) is 3.51. The lowest BCUT2D eigenvalue weighted by molar-refractivity contribution is -0.130. The number of likely N-dealkylation sites (tertiary alicyclic amines) is 1. The average molecular weight is 412 g/mol. The third-order valence-electron chi connectivity index (χ3n) is 4.78. The fourth-order valence-corrected chi connectivity index (χ4v) is 5.54. The van der Waals surface area contributed by atoms with Gasteiger partial charge in [-0.15, -0.1) is 11.3 Å². The van der Waals surface area contributed by atoms with Crippen LogP contribution < -0.4 is 4.72 Å². The highest BCUT2D eigenvalue weighted by Crippen LogP contribution is 2.27. The van der Waals surface area contributed by atoms with Crippen LogP contribution >= 0.6 is 11.3 Å². The molecule has 7 nitrogen and oxygen atoms in total. The number of methoxy groups -OCH3 is 1. The molecule has 1 aromatic carbocycles. The quantitative estimate of drug-likeness (QED) is 0.715. The zero-order valence-corrected chi connectivity index (χ0v) is 17.2. The van der Waals surface area contributed by atoms with Gasteiger partial charge in [0.2, 0.25) is 15.9 Å². The highest BCUT2D eigenvalue weighted by molar-refractivity contribution is 7.88. The number of carbonyl (C=O) groups excluding carboxylic acids is 1. The van der Waals surface area contributed by atoms with E-state index in [9.17, 15) is 13.2 Å². The molecule has 0 saturated carbocycles. The van der Waals surface area contributed by atoms with Crippen LogP contribution in [0.1, 0.15) is 24.3 Å². The van der Waals surface area contributed by atoms with Crippen LogP contribution in [0.5, 0.6) is 0 Å². The summed E-state index contributed by atoms with van der Waals surface area (Å²) in [6.45, 7) is 1.36. The van der Waals surface area contributed by atoms with Crippen molar-refractivity contribution in [2.24, 2.45) is 0 Å². The molecule has 1 aliphatic rings. The highest BCUT2D eigenvalue weighted by atomic mass is 32.2. The summed E-state index contributed by atoms with van der Waals surface area (Å²) in [5.41, 5.74) is 0.317. The van der Waals surface area contributed by atoms with Crippen molar-refractivity contribution in [2.75, 3.05) is 33.1 Å². The number of amides is 1. The number of nitrogens with one attached hydrogen (secondary N) is 1. The van der Waals surface area contributed by atoms with E-state index in [4.69, 9.17) is 4.74 Å². The van der Waals surface area contributed by atoms with E-state index < -0.39 is 15.6 Å². The van der Waals surface area contributed by atoms with E-state index in [1.54, 1.807) is 23.3 Å². The molecule has 1 amide bonds. The van der Waals surface area contributed by atoms with Gasteiger partial charge in [-0.3, -0.25) is 4.79 Å². The monoisotopic (exact) mass is 411 g/mol. The topological polar surface area (TPSA) is 88.6 Å². The molecule has 0 spiro atoms. The van der Waals surface area contributed by atoms with Crippen LogP contribution in [0.4, 0.5) is 0 Å². The van der Waals surface area contributed by atoms with Gasteiger partial charge in [-0.05, 0) is 25.0 Å². The number of ether oxygens (including phenoxy) is 1. The molecular formula is C18H25N3O4S2. The van der Waals surface area contributed by atoms with Gasteiger partial charge in [-0.1, -0.05) is 12.1 Å². The minimum Gasteiger partial charge on any atom is -0.385 e. The predicted octanol–water partition coefficient (Wildman–Crippen LogP) is 1.79. The molecule has 1 aromatic heterocycles. The standard InChI is InChI=1S/C18H25N3O4S2/c1-25-12-10-18(20-27(2,23)24)9-11-21(13-18)17(22)8-7-16-19-14-5-3-4-6-15(14)26-16/h3-6,20H,7-13H2,1-2H3. The van der Waals surface area contributed by atoms with Crippen molar-refractivity contribution >= 4 is 37.5 Å². The molecule has 3 rings (SSSR count). The van der Waals surface area contributed by atoms with E-state index in [0.29, 0.717) is 45.4 Å². The van der Waals surface area contributed by atoms with Gasteiger partial charge < -0.3 is 9.64 Å². The summed E-state index contributed by atoms with van der Waals surface area (Å²) in [7, 11) is -1.78. The number of sulfonamides is 1. The second kappa shape index (κ2) is 8.22. The van der Waals surface area contributed by atoms with Gasteiger partial charge in [0, 0.05) is 39.6 Å². The van der Waals surface area contributed by atoms with Crippen LogP contribution in [0, 0.1) is 0 Å². The van der Waals surface area contributed by atoms with Crippen molar-refractivity contribution in [1.82, 2.24) is 14.6 Å². The number of para-hydroxylation sites is 1. The zero-order chi connectivity index (χ0) is 19.5. The summed E-state index contributed by atoms with van der Waals surface area (Å²) in [6.07, 6.45) is 3.26. The third-order valence-corrected chi connectivity index (χ3v) is 6.68. The molecule has 1 N–H and O–H groups in total. The molecule has 0 bridgehead atoms. The highest BCUT2D eigenvalue weighted by Gasteiger charge is 2.41. The van der Waals surface area contributed by atoms with E-state index in [-0.39, 0.29) is 5.91 Å². The Morgan fingerprint density at radius 3 is 2.89 bits per heavy atom. The minimum atomic E-state index is -3.37. The maximum Gasteiger partial charge on any atom is 0.223 e. The summed E-state index contributed by atoms with van der Waals surface area (Å²) in [5.74, 6) is 0.0313. The van der Waals surface area contributed by atoms with Crippen LogP contribution in [0.25, 0.3) is 10.2 Å². The number of rotatable bonds is 8. The van der Waals surface area contributed by atoms with Gasteiger partial charge in [0.15, 0.2) is 0 Å². The van der Waals surface area contributed by atoms with Crippen molar-refractivity contribution in [3.8, 4) is 0 Å². The lowest BCUT2D eigenvalue weighted by atomic mass is 9.96. The van der Waals surface area contributed by atoms with Crippen LogP contribution in [0.15, 0.2) is 24.3 Å². The largest absolute Gasteiger partial charge is 0.385 e. The van der Waals surface area contributed by atoms with Gasteiger partial charge in [-0.25, -0.2) is 18.1 Å². The normalized spacial score (nSPS) is 20.4. The minimum absolute atomic E-state index is 0.0313. The summed E-state index contributed by atoms with van der Waals surface area (Å²) in [5, 5.41) is 0.948. The van der Waals surface area contributed by atoms with Gasteiger partial charge in [0.05, 0.1) is 27.0 Å². The summed E-state index contributed by atoms with van der Waals surface area (Å²) < 4.78 is 32.5. The van der Waals surface area contributed by atoms with Crippen molar-refractivity contribution in [3.63, 3.8) is 0 Å². The molecule has 2 aromatic rings. The Morgan fingerprint density at radius 2 is 2.19 bits per heavy atom. The van der Waals surface area contributed by atoms with Gasteiger partial charge in [0.25, 0.3) is 0 Å². The first-order chi connectivity index (χ1) is 12.8. The molecule has 1 unspecified atom stereocenters. The Bertz CT molecular complexity index is 879. The summed E-state index contributed by atoms with van der Waals surface area (Å²) >= 11 is 1.61. The number of aryl methyl sites for hydroxylation is 1. The van der Waals surface area contributed by atoms with Crippen molar-refractivity contribution in [1.29, 1.82) is 0 Å². The Kier molecular flexibility index (Phi) is 6.15. The Morgan fingerprint density at radius 1 is 1.41 bits per heavy atom. The molecule has 27 heavy (non-hydrogen) atoms. The number of thiazole rings is 1. The average Bonchev–Trinajstić information content (AvgIpc) is 3.20. The summed E-state index contributed by atoms with van der Waals surface area (Å²) in [4.78, 5) is 19.0. The van der Waals surface area contributed by atoms with Crippen molar-refractivity contribution in [2.45, 2.75) is 31.2 Å². The van der Waals surface area contributed by atoms with Crippen molar-refractivity contribution < 1.29 is 17.9 Å². The van der Waals surface area contributed by atoms with Crippen LogP contribution in [-0.2, 0) is 26.0 Å². The third kappa shape index (κ3) is 5.25. The fraction of sp³-hybridized carbons (Fsp3) is 0.556. The van der Waals surface area contributed by atoms with E-state index in [0.717, 1.165) is 21.5 Å². The molecule has 1 fully saturated rings. The van der Waals surface area contributed by atoms with Crippen LogP contribution in [0.2, 0.25) is 0 Å². The molecule has 1 saturated heterocycles. The molecule has 0 radical (unpaired) electrons. The lowest BCUT2D eigenvalue weighted by Crippen LogP contribution is -2.51. The molecule has 1 atom stereocenters. The molecule has 0 aliphatic carbocycles. The lowest BCUT2D eigenvalue weighted by Gasteiger charge is -2.29. The number of fused-ring (bicyclic) bond motifs is 1. The first kappa shape index (κ1) is 20.2. The number of hydrogen-bond acceptors (Lipinski definition) is 6. The first-order valence-corrected chi connectivity index (χ1v) is 11.6. The van der Waals surface area contributed by atoms with E-state index in [1.807, 2.05) is 24.3 Å². The van der Waals surface area contributed by atoms with E-state index >= 15 is 0 Å². The first-order valence-electron chi connectivity index (χ1n) is 8.90. The molecule has 1 aliphatic heterocycles. The Balaban J connectivity index is 1.61. The summed E-state index contributed by atoms with van der Waals surface area (Å²) in [6, 6.07) is 7.93. The Hall–Kier alpha value is -1.55. The van der Waals surface area contributed by atoms with Gasteiger partial charge in [-0.2, -0.15) is 0 Å². The second-order valence-electron chi connectivity index (χ2n) is 7.04.